The molecule has 6 heteroatoms. The molecule has 1 amide bonds. The minimum absolute atomic E-state index is 0.307. The van der Waals surface area contributed by atoms with Crippen molar-refractivity contribution in [2.45, 2.75) is 13.8 Å². The average Bonchev–Trinajstić information content (AvgIpc) is 2.96. The molecule has 0 aliphatic carbocycles. The molecular weight excluding hydrogens is 266 g/mol. The molecule has 0 aliphatic rings. The maximum Gasteiger partial charge on any atom is 0.350 e. The number of anilines is 1. The molecule has 2 heterocycles. The zero-order valence-corrected chi connectivity index (χ0v) is 11.6. The molecule has 100 valence electrons. The number of hydrogen-bond acceptors (Lipinski definition) is 5. The van der Waals surface area contributed by atoms with Crippen molar-refractivity contribution >= 4 is 28.9 Å². The number of methoxy groups -OCH3 is 1. The summed E-state index contributed by atoms with van der Waals surface area (Å²) in [6, 6.07) is 1.59. The van der Waals surface area contributed by atoms with E-state index in [2.05, 4.69) is 10.1 Å². The van der Waals surface area contributed by atoms with Crippen LogP contribution in [0.5, 0.6) is 0 Å². The lowest BCUT2D eigenvalue weighted by Crippen LogP contribution is -2.15. The first-order chi connectivity index (χ1) is 9.04. The topological polar surface area (TPSA) is 68.5 Å². The molecule has 0 aromatic carbocycles. The summed E-state index contributed by atoms with van der Waals surface area (Å²) in [6.07, 6.45) is 1.45. The van der Waals surface area contributed by atoms with E-state index in [0.29, 0.717) is 21.9 Å². The van der Waals surface area contributed by atoms with Gasteiger partial charge >= 0.3 is 5.97 Å². The van der Waals surface area contributed by atoms with Crippen LogP contribution in [0.25, 0.3) is 0 Å². The van der Waals surface area contributed by atoms with Crippen LogP contribution in [0.1, 0.15) is 31.4 Å². The second-order valence-corrected chi connectivity index (χ2v) is 4.84. The number of ether oxygens (including phenoxy) is 1. The average molecular weight is 279 g/mol. The second-order valence-electron chi connectivity index (χ2n) is 3.96. The van der Waals surface area contributed by atoms with Gasteiger partial charge in [-0.2, -0.15) is 0 Å². The zero-order valence-electron chi connectivity index (χ0n) is 10.8. The van der Waals surface area contributed by atoms with Gasteiger partial charge in [-0.05, 0) is 30.9 Å². The van der Waals surface area contributed by atoms with E-state index in [4.69, 9.17) is 4.42 Å². The molecule has 0 aliphatic heterocycles. The van der Waals surface area contributed by atoms with E-state index in [-0.39, 0.29) is 5.91 Å². The molecule has 2 rings (SSSR count). The molecule has 0 atom stereocenters. The van der Waals surface area contributed by atoms with Gasteiger partial charge in [0, 0.05) is 0 Å². The Bertz CT molecular complexity index is 626. The van der Waals surface area contributed by atoms with Gasteiger partial charge in [-0.1, -0.05) is 0 Å². The number of thiophene rings is 1. The Morgan fingerprint density at radius 2 is 2.11 bits per heavy atom. The van der Waals surface area contributed by atoms with Gasteiger partial charge < -0.3 is 14.5 Å². The second kappa shape index (κ2) is 5.27. The maximum absolute atomic E-state index is 12.1. The van der Waals surface area contributed by atoms with Crippen molar-refractivity contribution in [3.63, 3.8) is 0 Å². The van der Waals surface area contributed by atoms with Crippen LogP contribution in [0.2, 0.25) is 0 Å². The van der Waals surface area contributed by atoms with Crippen LogP contribution >= 0.6 is 11.3 Å². The molecule has 1 N–H and O–H groups in total. The van der Waals surface area contributed by atoms with E-state index in [9.17, 15) is 9.59 Å². The smallest absolute Gasteiger partial charge is 0.350 e. The largest absolute Gasteiger partial charge is 0.469 e. The van der Waals surface area contributed by atoms with Crippen molar-refractivity contribution in [3.05, 3.63) is 39.5 Å². The molecule has 2 aromatic rings. The Balaban J connectivity index is 2.29. The molecule has 19 heavy (non-hydrogen) atoms. The Morgan fingerprint density at radius 1 is 1.37 bits per heavy atom. The Kier molecular flexibility index (Phi) is 3.71. The predicted octanol–water partition coefficient (Wildman–Crippen LogP) is 3.00. The van der Waals surface area contributed by atoms with E-state index in [1.54, 1.807) is 18.4 Å². The fourth-order valence-corrected chi connectivity index (χ4v) is 2.57. The van der Waals surface area contributed by atoms with E-state index < -0.39 is 5.97 Å². The molecule has 0 bridgehead atoms. The standard InChI is InChI=1S/C13H13NO4S/c1-7-6-19-11(13(16)17-3)10(7)14-12(15)9-4-5-18-8(9)2/h4-6H,1-3H3,(H,14,15). The zero-order chi connectivity index (χ0) is 14.0. The molecule has 0 saturated carbocycles. The van der Waals surface area contributed by atoms with Crippen molar-refractivity contribution in [2.75, 3.05) is 12.4 Å². The Labute approximate surface area is 114 Å². The fourth-order valence-electron chi connectivity index (χ4n) is 1.64. The number of amides is 1. The summed E-state index contributed by atoms with van der Waals surface area (Å²) in [5.41, 5.74) is 1.75. The van der Waals surface area contributed by atoms with Crippen LogP contribution in [0.3, 0.4) is 0 Å². The van der Waals surface area contributed by atoms with Gasteiger partial charge in [0.25, 0.3) is 5.91 Å². The minimum Gasteiger partial charge on any atom is -0.469 e. The van der Waals surface area contributed by atoms with E-state index in [1.165, 1.54) is 24.7 Å². The van der Waals surface area contributed by atoms with Crippen LogP contribution in [0, 0.1) is 13.8 Å². The molecule has 2 aromatic heterocycles. The van der Waals surface area contributed by atoms with Crippen molar-refractivity contribution in [1.29, 1.82) is 0 Å². The van der Waals surface area contributed by atoms with E-state index >= 15 is 0 Å². The molecular formula is C13H13NO4S. The number of rotatable bonds is 3. The number of aryl methyl sites for hydroxylation is 2. The maximum atomic E-state index is 12.1. The quantitative estimate of drug-likeness (QED) is 0.877. The third-order valence-corrected chi connectivity index (χ3v) is 3.77. The first-order valence-corrected chi connectivity index (χ1v) is 6.44. The van der Waals surface area contributed by atoms with Gasteiger partial charge in [-0.3, -0.25) is 4.79 Å². The highest BCUT2D eigenvalue weighted by molar-refractivity contribution is 7.12. The van der Waals surface area contributed by atoms with Gasteiger partial charge in [0.15, 0.2) is 0 Å². The third kappa shape index (κ3) is 2.53. The molecule has 5 nitrogen and oxygen atoms in total. The number of nitrogens with one attached hydrogen (secondary N) is 1. The number of furan rings is 1. The molecule has 0 fully saturated rings. The minimum atomic E-state index is -0.461. The molecule has 0 radical (unpaired) electrons. The predicted molar refractivity (Wildman–Crippen MR) is 71.8 cm³/mol. The summed E-state index contributed by atoms with van der Waals surface area (Å²) in [7, 11) is 1.31. The highest BCUT2D eigenvalue weighted by Crippen LogP contribution is 2.29. The van der Waals surface area contributed by atoms with Crippen molar-refractivity contribution in [1.82, 2.24) is 0 Å². The van der Waals surface area contributed by atoms with Crippen molar-refractivity contribution < 1.29 is 18.7 Å². The number of esters is 1. The highest BCUT2D eigenvalue weighted by Gasteiger charge is 2.20. The summed E-state index contributed by atoms with van der Waals surface area (Å²) in [6.45, 7) is 3.53. The SMILES string of the molecule is COC(=O)c1scc(C)c1NC(=O)c1ccoc1C. The highest BCUT2D eigenvalue weighted by atomic mass is 32.1. The molecule has 0 unspecified atom stereocenters. The van der Waals surface area contributed by atoms with Crippen LogP contribution in [0.4, 0.5) is 5.69 Å². The summed E-state index contributed by atoms with van der Waals surface area (Å²) < 4.78 is 9.77. The third-order valence-electron chi connectivity index (χ3n) is 2.69. The van der Waals surface area contributed by atoms with Crippen molar-refractivity contribution in [3.8, 4) is 0 Å². The monoisotopic (exact) mass is 279 g/mol. The van der Waals surface area contributed by atoms with Gasteiger partial charge in [-0.25, -0.2) is 4.79 Å². The lowest BCUT2D eigenvalue weighted by Gasteiger charge is -2.06. The summed E-state index contributed by atoms with van der Waals surface area (Å²) in [5, 5.41) is 4.52. The summed E-state index contributed by atoms with van der Waals surface area (Å²) in [4.78, 5) is 24.1. The van der Waals surface area contributed by atoms with Gasteiger partial charge in [0.1, 0.15) is 10.6 Å². The van der Waals surface area contributed by atoms with Gasteiger partial charge in [0.2, 0.25) is 0 Å². The van der Waals surface area contributed by atoms with Crippen LogP contribution in [0.15, 0.2) is 22.1 Å². The van der Waals surface area contributed by atoms with E-state index in [0.717, 1.165) is 5.56 Å². The van der Waals surface area contributed by atoms with Crippen LogP contribution < -0.4 is 5.32 Å². The lowest BCUT2D eigenvalue weighted by molar-refractivity contribution is 0.0607. The van der Waals surface area contributed by atoms with Gasteiger partial charge in [-0.15, -0.1) is 11.3 Å². The Hall–Kier alpha value is -2.08. The van der Waals surface area contributed by atoms with Crippen LogP contribution in [-0.4, -0.2) is 19.0 Å². The molecule has 0 saturated heterocycles. The fraction of sp³-hybridized carbons (Fsp3) is 0.231. The normalized spacial score (nSPS) is 10.3. The lowest BCUT2D eigenvalue weighted by atomic mass is 10.2. The van der Waals surface area contributed by atoms with Crippen LogP contribution in [-0.2, 0) is 4.74 Å². The summed E-state index contributed by atoms with van der Waals surface area (Å²) >= 11 is 1.24. The first-order valence-electron chi connectivity index (χ1n) is 5.56. The first kappa shape index (κ1) is 13.4. The number of carbonyl (C=O) groups is 2. The van der Waals surface area contributed by atoms with Gasteiger partial charge in [0.05, 0.1) is 24.6 Å². The number of hydrogen-bond donors (Lipinski definition) is 1. The Morgan fingerprint density at radius 3 is 2.68 bits per heavy atom. The summed E-state index contributed by atoms with van der Waals surface area (Å²) in [5.74, 6) is -0.236. The molecule has 0 spiro atoms. The van der Waals surface area contributed by atoms with Crippen molar-refractivity contribution in [2.24, 2.45) is 0 Å². The van der Waals surface area contributed by atoms with E-state index in [1.807, 2.05) is 6.92 Å². The number of carbonyl (C=O) groups excluding carboxylic acids is 2.